The van der Waals surface area contributed by atoms with Crippen LogP contribution in [0.15, 0.2) is 24.3 Å². The van der Waals surface area contributed by atoms with Gasteiger partial charge in [-0.2, -0.15) is 0 Å². The zero-order valence-corrected chi connectivity index (χ0v) is 11.9. The van der Waals surface area contributed by atoms with Crippen LogP contribution in [0, 0.1) is 6.92 Å². The van der Waals surface area contributed by atoms with E-state index in [0.29, 0.717) is 6.54 Å². The summed E-state index contributed by atoms with van der Waals surface area (Å²) in [5.74, 6) is -1.32. The molecule has 0 aromatic heterocycles. The van der Waals surface area contributed by atoms with Crippen molar-refractivity contribution in [3.63, 3.8) is 0 Å². The van der Waals surface area contributed by atoms with Crippen LogP contribution in [-0.4, -0.2) is 42.0 Å². The van der Waals surface area contributed by atoms with Gasteiger partial charge in [-0.3, -0.25) is 14.5 Å². The molecule has 0 fully saturated rings. The van der Waals surface area contributed by atoms with Crippen molar-refractivity contribution in [3.05, 3.63) is 35.4 Å². The molecule has 0 heterocycles. The molecule has 0 bridgehead atoms. The van der Waals surface area contributed by atoms with Gasteiger partial charge < -0.3 is 10.4 Å². The fourth-order valence-electron chi connectivity index (χ4n) is 1.61. The molecular weight excluding hydrogens is 268 g/mol. The molecule has 1 rings (SSSR count). The molecule has 19 heavy (non-hydrogen) atoms. The van der Waals surface area contributed by atoms with Crippen molar-refractivity contribution in [2.24, 2.45) is 0 Å². The summed E-state index contributed by atoms with van der Waals surface area (Å²) in [4.78, 5) is 23.6. The fraction of sp³-hybridized carbons (Fsp3) is 0.385. The van der Waals surface area contributed by atoms with Gasteiger partial charge in [-0.15, -0.1) is 12.4 Å². The average molecular weight is 287 g/mol. The van der Waals surface area contributed by atoms with Gasteiger partial charge in [0.2, 0.25) is 5.91 Å². The summed E-state index contributed by atoms with van der Waals surface area (Å²) in [6, 6.07) is 7.97. The van der Waals surface area contributed by atoms with Crippen molar-refractivity contribution >= 4 is 24.3 Å². The molecule has 1 amide bonds. The number of aryl methyl sites for hydroxylation is 1. The van der Waals surface area contributed by atoms with Gasteiger partial charge in [0.1, 0.15) is 6.54 Å². The minimum atomic E-state index is -1.04. The van der Waals surface area contributed by atoms with Crippen LogP contribution in [-0.2, 0) is 16.1 Å². The molecule has 5 nitrogen and oxygen atoms in total. The highest BCUT2D eigenvalue weighted by Crippen LogP contribution is 2.08. The predicted octanol–water partition coefficient (Wildman–Crippen LogP) is 1.05. The number of nitrogens with zero attached hydrogens (tertiary/aromatic N) is 1. The lowest BCUT2D eigenvalue weighted by atomic mass is 10.1. The Morgan fingerprint density at radius 3 is 2.53 bits per heavy atom. The minimum Gasteiger partial charge on any atom is -0.480 e. The maximum absolute atomic E-state index is 11.4. The highest BCUT2D eigenvalue weighted by atomic mass is 35.5. The molecule has 0 saturated heterocycles. The van der Waals surface area contributed by atoms with E-state index in [-0.39, 0.29) is 31.4 Å². The molecule has 0 aliphatic rings. The van der Waals surface area contributed by atoms with E-state index in [1.165, 1.54) is 5.56 Å². The van der Waals surface area contributed by atoms with Crippen LogP contribution in [0.3, 0.4) is 0 Å². The Morgan fingerprint density at radius 1 is 1.32 bits per heavy atom. The summed E-state index contributed by atoms with van der Waals surface area (Å²) in [7, 11) is 1.83. The second-order valence-corrected chi connectivity index (χ2v) is 4.27. The second-order valence-electron chi connectivity index (χ2n) is 4.27. The Hall–Kier alpha value is -1.59. The van der Waals surface area contributed by atoms with Crippen LogP contribution in [0.2, 0.25) is 0 Å². The molecule has 0 atom stereocenters. The number of amides is 1. The summed E-state index contributed by atoms with van der Waals surface area (Å²) < 4.78 is 0. The Balaban J connectivity index is 0.00000324. The Morgan fingerprint density at radius 2 is 1.95 bits per heavy atom. The van der Waals surface area contributed by atoms with Crippen LogP contribution in [0.5, 0.6) is 0 Å². The average Bonchev–Trinajstić information content (AvgIpc) is 2.29. The molecule has 0 aliphatic carbocycles. The van der Waals surface area contributed by atoms with Crippen molar-refractivity contribution < 1.29 is 14.7 Å². The lowest BCUT2D eigenvalue weighted by molar-refractivity contribution is -0.138. The summed E-state index contributed by atoms with van der Waals surface area (Å²) in [6.07, 6.45) is 0. The van der Waals surface area contributed by atoms with Gasteiger partial charge in [-0.1, -0.05) is 24.3 Å². The zero-order valence-electron chi connectivity index (χ0n) is 11.0. The van der Waals surface area contributed by atoms with Crippen LogP contribution in [0.1, 0.15) is 11.1 Å². The predicted molar refractivity (Wildman–Crippen MR) is 75.4 cm³/mol. The molecule has 0 radical (unpaired) electrons. The topological polar surface area (TPSA) is 69.6 Å². The third kappa shape index (κ3) is 6.79. The van der Waals surface area contributed by atoms with E-state index in [2.05, 4.69) is 5.32 Å². The number of aliphatic carboxylic acids is 1. The molecule has 106 valence electrons. The molecule has 0 unspecified atom stereocenters. The summed E-state index contributed by atoms with van der Waals surface area (Å²) in [5.41, 5.74) is 2.33. The van der Waals surface area contributed by atoms with E-state index in [4.69, 9.17) is 5.11 Å². The number of rotatable bonds is 6. The number of hydrogen-bond donors (Lipinski definition) is 2. The summed E-state index contributed by atoms with van der Waals surface area (Å²) >= 11 is 0. The van der Waals surface area contributed by atoms with Gasteiger partial charge in [0, 0.05) is 6.54 Å². The SMILES string of the molecule is Cc1ccccc1CN(C)CC(=O)NCC(=O)O.Cl. The maximum Gasteiger partial charge on any atom is 0.322 e. The molecule has 0 aliphatic heterocycles. The van der Waals surface area contributed by atoms with Crippen molar-refractivity contribution in [3.8, 4) is 0 Å². The largest absolute Gasteiger partial charge is 0.480 e. The first kappa shape index (κ1) is 17.4. The van der Waals surface area contributed by atoms with Crippen molar-refractivity contribution in [1.82, 2.24) is 10.2 Å². The number of hydrogen-bond acceptors (Lipinski definition) is 3. The number of nitrogens with one attached hydrogen (secondary N) is 1. The normalized spacial score (nSPS) is 9.84. The Bertz CT molecular complexity index is 438. The number of carbonyl (C=O) groups excluding carboxylic acids is 1. The van der Waals surface area contributed by atoms with Crippen LogP contribution < -0.4 is 5.32 Å². The highest BCUT2D eigenvalue weighted by molar-refractivity contribution is 5.85. The number of carbonyl (C=O) groups is 2. The molecule has 1 aromatic rings. The smallest absolute Gasteiger partial charge is 0.322 e. The number of benzene rings is 1. The van der Waals surface area contributed by atoms with Gasteiger partial charge in [0.15, 0.2) is 0 Å². The highest BCUT2D eigenvalue weighted by Gasteiger charge is 2.08. The third-order valence-corrected chi connectivity index (χ3v) is 2.55. The monoisotopic (exact) mass is 286 g/mol. The van der Waals surface area contributed by atoms with E-state index in [0.717, 1.165) is 5.56 Å². The van der Waals surface area contributed by atoms with Crippen molar-refractivity contribution in [2.45, 2.75) is 13.5 Å². The maximum atomic E-state index is 11.4. The first-order chi connectivity index (χ1) is 8.49. The Labute approximate surface area is 119 Å². The number of carboxylic acid groups (broad SMARTS) is 1. The minimum absolute atomic E-state index is 0. The van der Waals surface area contributed by atoms with Crippen molar-refractivity contribution in [1.29, 1.82) is 0 Å². The summed E-state index contributed by atoms with van der Waals surface area (Å²) in [6.45, 7) is 2.53. The lowest BCUT2D eigenvalue weighted by Crippen LogP contribution is -2.37. The first-order valence-corrected chi connectivity index (χ1v) is 5.70. The standard InChI is InChI=1S/C13H18N2O3.ClH/c1-10-5-3-4-6-11(10)8-15(2)9-12(16)14-7-13(17)18;/h3-6H,7-9H2,1-2H3,(H,14,16)(H,17,18);1H. The van der Waals surface area contributed by atoms with Gasteiger partial charge in [-0.25, -0.2) is 0 Å². The Kier molecular flexibility index (Phi) is 7.79. The van der Waals surface area contributed by atoms with Crippen molar-refractivity contribution in [2.75, 3.05) is 20.1 Å². The van der Waals surface area contributed by atoms with E-state index >= 15 is 0 Å². The van der Waals surface area contributed by atoms with Gasteiger partial charge >= 0.3 is 5.97 Å². The quantitative estimate of drug-likeness (QED) is 0.820. The van der Waals surface area contributed by atoms with E-state index in [1.807, 2.05) is 43.1 Å². The van der Waals surface area contributed by atoms with Crippen LogP contribution in [0.25, 0.3) is 0 Å². The molecule has 2 N–H and O–H groups in total. The number of halogens is 1. The van der Waals surface area contributed by atoms with Gasteiger partial charge in [-0.05, 0) is 25.1 Å². The van der Waals surface area contributed by atoms with E-state index in [9.17, 15) is 9.59 Å². The number of carboxylic acids is 1. The molecule has 1 aromatic carbocycles. The van der Waals surface area contributed by atoms with Crippen LogP contribution in [0.4, 0.5) is 0 Å². The van der Waals surface area contributed by atoms with E-state index < -0.39 is 5.97 Å². The molecule has 6 heteroatoms. The third-order valence-electron chi connectivity index (χ3n) is 2.55. The second kappa shape index (κ2) is 8.50. The fourth-order valence-corrected chi connectivity index (χ4v) is 1.61. The molecular formula is C13H19ClN2O3. The molecule has 0 saturated carbocycles. The summed E-state index contributed by atoms with van der Waals surface area (Å²) in [5, 5.41) is 10.8. The van der Waals surface area contributed by atoms with Gasteiger partial charge in [0.05, 0.1) is 6.54 Å². The van der Waals surface area contributed by atoms with Crippen LogP contribution >= 0.6 is 12.4 Å². The number of likely N-dealkylation sites (N-methyl/N-ethyl adjacent to an activating group) is 1. The van der Waals surface area contributed by atoms with E-state index in [1.54, 1.807) is 0 Å². The zero-order chi connectivity index (χ0) is 13.5. The van der Waals surface area contributed by atoms with Gasteiger partial charge in [0.25, 0.3) is 0 Å². The first-order valence-electron chi connectivity index (χ1n) is 5.70. The molecule has 0 spiro atoms. The lowest BCUT2D eigenvalue weighted by Gasteiger charge is -2.17.